The quantitative estimate of drug-likeness (QED) is 0.486. The van der Waals surface area contributed by atoms with Gasteiger partial charge in [0.05, 0.1) is 12.2 Å². The van der Waals surface area contributed by atoms with Gasteiger partial charge in [0.15, 0.2) is 0 Å². The Kier molecular flexibility index (Phi) is 5.23. The number of nitrogens with zero attached hydrogens (tertiary/aromatic N) is 1. The fourth-order valence-corrected chi connectivity index (χ4v) is 3.39. The second-order valence-corrected chi connectivity index (χ2v) is 5.98. The van der Waals surface area contributed by atoms with E-state index in [9.17, 15) is 9.59 Å². The van der Waals surface area contributed by atoms with Gasteiger partial charge < -0.3 is 9.64 Å². The Labute approximate surface area is 130 Å². The number of esters is 1. The molecule has 1 aliphatic rings. The van der Waals surface area contributed by atoms with Gasteiger partial charge in [-0.3, -0.25) is 4.79 Å². The number of hydrogen-bond donors (Lipinski definition) is 0. The number of carbonyl (C=O) groups is 2. The Hall–Kier alpha value is -1.55. The number of ether oxygens (including phenoxy) is 1. The molecule has 5 heteroatoms. The number of benzene rings is 1. The highest BCUT2D eigenvalue weighted by Gasteiger charge is 2.33. The maximum Gasteiger partial charge on any atom is 0.338 e. The molecule has 21 heavy (non-hydrogen) atoms. The highest BCUT2D eigenvalue weighted by molar-refractivity contribution is 6.62. The van der Waals surface area contributed by atoms with Gasteiger partial charge in [0.25, 0.3) is 0 Å². The summed E-state index contributed by atoms with van der Waals surface area (Å²) >= 11 is 5.60. The van der Waals surface area contributed by atoms with Crippen molar-refractivity contribution in [3.05, 3.63) is 35.9 Å². The first-order chi connectivity index (χ1) is 9.99. The summed E-state index contributed by atoms with van der Waals surface area (Å²) in [5, 5.41) is -0.408. The van der Waals surface area contributed by atoms with Crippen LogP contribution >= 0.6 is 11.6 Å². The summed E-state index contributed by atoms with van der Waals surface area (Å²) in [4.78, 5) is 25.0. The SMILES string of the molecule is C[C@@H]1CC(COC(=O)c2ccccc2)C[C@H](C)N1C(=O)Cl. The molecule has 2 rings (SSSR count). The first kappa shape index (κ1) is 15.8. The zero-order valence-electron chi connectivity index (χ0n) is 12.3. The molecule has 1 heterocycles. The average Bonchev–Trinajstić information content (AvgIpc) is 2.44. The van der Waals surface area contributed by atoms with Crippen LogP contribution in [-0.4, -0.2) is 34.9 Å². The van der Waals surface area contributed by atoms with E-state index in [1.807, 2.05) is 32.0 Å². The molecule has 0 N–H and O–H groups in total. The molecule has 114 valence electrons. The second kappa shape index (κ2) is 6.94. The van der Waals surface area contributed by atoms with Crippen LogP contribution in [0.1, 0.15) is 37.0 Å². The third kappa shape index (κ3) is 3.97. The van der Waals surface area contributed by atoms with Crippen LogP contribution in [0.25, 0.3) is 0 Å². The Morgan fingerprint density at radius 2 is 1.76 bits per heavy atom. The first-order valence-electron chi connectivity index (χ1n) is 7.19. The van der Waals surface area contributed by atoms with Crippen LogP contribution in [0.15, 0.2) is 30.3 Å². The molecule has 3 atom stereocenters. The van der Waals surface area contributed by atoms with Crippen molar-refractivity contribution in [3.8, 4) is 0 Å². The summed E-state index contributed by atoms with van der Waals surface area (Å²) in [6, 6.07) is 9.10. The number of piperidine rings is 1. The lowest BCUT2D eigenvalue weighted by Gasteiger charge is -2.41. The van der Waals surface area contributed by atoms with Gasteiger partial charge in [-0.1, -0.05) is 18.2 Å². The van der Waals surface area contributed by atoms with Crippen LogP contribution in [0.4, 0.5) is 4.79 Å². The third-order valence-electron chi connectivity index (χ3n) is 3.96. The van der Waals surface area contributed by atoms with Gasteiger partial charge in [-0.25, -0.2) is 4.79 Å². The van der Waals surface area contributed by atoms with Crippen molar-refractivity contribution < 1.29 is 14.3 Å². The van der Waals surface area contributed by atoms with Gasteiger partial charge in [-0.2, -0.15) is 0 Å². The maximum absolute atomic E-state index is 11.9. The van der Waals surface area contributed by atoms with E-state index in [0.29, 0.717) is 12.2 Å². The predicted molar refractivity (Wildman–Crippen MR) is 81.5 cm³/mol. The molecule has 0 radical (unpaired) electrons. The van der Waals surface area contributed by atoms with Gasteiger partial charge in [-0.15, -0.1) is 0 Å². The van der Waals surface area contributed by atoms with E-state index < -0.39 is 5.37 Å². The zero-order chi connectivity index (χ0) is 15.4. The first-order valence-corrected chi connectivity index (χ1v) is 7.56. The van der Waals surface area contributed by atoms with E-state index >= 15 is 0 Å². The Balaban J connectivity index is 1.88. The number of halogens is 1. The van der Waals surface area contributed by atoms with E-state index in [1.54, 1.807) is 17.0 Å². The summed E-state index contributed by atoms with van der Waals surface area (Å²) in [5.74, 6) is -0.0401. The Bertz CT molecular complexity index is 494. The molecule has 0 bridgehead atoms. The molecule has 1 fully saturated rings. The lowest BCUT2D eigenvalue weighted by Crippen LogP contribution is -2.48. The van der Waals surface area contributed by atoms with Crippen LogP contribution in [-0.2, 0) is 4.74 Å². The lowest BCUT2D eigenvalue weighted by atomic mass is 9.88. The van der Waals surface area contributed by atoms with E-state index in [1.165, 1.54) is 0 Å². The van der Waals surface area contributed by atoms with Gasteiger partial charge in [-0.05, 0) is 56.3 Å². The van der Waals surface area contributed by atoms with E-state index in [4.69, 9.17) is 16.3 Å². The smallest absolute Gasteiger partial charge is 0.338 e. The van der Waals surface area contributed by atoms with Crippen LogP contribution in [0.5, 0.6) is 0 Å². The van der Waals surface area contributed by atoms with E-state index in [2.05, 4.69) is 0 Å². The zero-order valence-corrected chi connectivity index (χ0v) is 13.0. The van der Waals surface area contributed by atoms with E-state index in [0.717, 1.165) is 12.8 Å². The van der Waals surface area contributed by atoms with Crippen molar-refractivity contribution >= 4 is 22.9 Å². The van der Waals surface area contributed by atoms with Crippen molar-refractivity contribution in [2.24, 2.45) is 5.92 Å². The minimum atomic E-state index is -0.408. The maximum atomic E-state index is 11.9. The summed E-state index contributed by atoms with van der Waals surface area (Å²) in [7, 11) is 0. The topological polar surface area (TPSA) is 46.6 Å². The molecule has 0 aromatic heterocycles. The number of rotatable bonds is 3. The highest BCUT2D eigenvalue weighted by Crippen LogP contribution is 2.29. The predicted octanol–water partition coefficient (Wildman–Crippen LogP) is 3.69. The second-order valence-electron chi connectivity index (χ2n) is 5.66. The third-order valence-corrected chi connectivity index (χ3v) is 4.16. The molecule has 1 aromatic rings. The summed E-state index contributed by atoms with van der Waals surface area (Å²) in [6.45, 7) is 4.33. The molecule has 1 amide bonds. The van der Waals surface area contributed by atoms with Crippen molar-refractivity contribution in [3.63, 3.8) is 0 Å². The van der Waals surface area contributed by atoms with Crippen LogP contribution in [0.2, 0.25) is 0 Å². The number of carbonyl (C=O) groups excluding carboxylic acids is 2. The molecule has 1 unspecified atom stereocenters. The minimum Gasteiger partial charge on any atom is -0.462 e. The van der Waals surface area contributed by atoms with Crippen molar-refractivity contribution in [1.29, 1.82) is 0 Å². The molecular weight excluding hydrogens is 290 g/mol. The number of likely N-dealkylation sites (tertiary alicyclic amines) is 1. The average molecular weight is 310 g/mol. The Morgan fingerprint density at radius 1 is 1.19 bits per heavy atom. The summed E-state index contributed by atoms with van der Waals surface area (Å²) in [6.07, 6.45) is 1.59. The summed E-state index contributed by atoms with van der Waals surface area (Å²) < 4.78 is 5.38. The van der Waals surface area contributed by atoms with Crippen LogP contribution in [0, 0.1) is 5.92 Å². The van der Waals surface area contributed by atoms with Gasteiger partial charge in [0, 0.05) is 12.1 Å². The van der Waals surface area contributed by atoms with Crippen molar-refractivity contribution in [1.82, 2.24) is 4.90 Å². The normalized spacial score (nSPS) is 25.5. The molecule has 1 aliphatic heterocycles. The molecule has 4 nitrogen and oxygen atoms in total. The molecule has 0 spiro atoms. The molecule has 1 aromatic carbocycles. The molecule has 0 aliphatic carbocycles. The fraction of sp³-hybridized carbons (Fsp3) is 0.500. The molecule has 1 saturated heterocycles. The van der Waals surface area contributed by atoms with Gasteiger partial charge in [0.1, 0.15) is 0 Å². The van der Waals surface area contributed by atoms with Gasteiger partial charge in [0.2, 0.25) is 0 Å². The Morgan fingerprint density at radius 3 is 2.29 bits per heavy atom. The monoisotopic (exact) mass is 309 g/mol. The highest BCUT2D eigenvalue weighted by atomic mass is 35.5. The van der Waals surface area contributed by atoms with Gasteiger partial charge >= 0.3 is 11.3 Å². The number of amides is 1. The lowest BCUT2D eigenvalue weighted by molar-refractivity contribution is 0.0292. The largest absolute Gasteiger partial charge is 0.462 e. The van der Waals surface area contributed by atoms with Crippen molar-refractivity contribution in [2.45, 2.75) is 38.8 Å². The fourth-order valence-electron chi connectivity index (χ4n) is 3.06. The molecule has 0 saturated carbocycles. The van der Waals surface area contributed by atoms with Crippen LogP contribution < -0.4 is 0 Å². The number of hydrogen-bond acceptors (Lipinski definition) is 3. The van der Waals surface area contributed by atoms with Crippen LogP contribution in [0.3, 0.4) is 0 Å². The standard InChI is InChI=1S/C16H20ClNO3/c1-11-8-13(9-12(2)18(11)16(17)20)10-21-15(19)14-6-4-3-5-7-14/h3-7,11-13H,8-10H2,1-2H3/t11-,12+,13?. The van der Waals surface area contributed by atoms with E-state index in [-0.39, 0.29) is 24.0 Å². The summed E-state index contributed by atoms with van der Waals surface area (Å²) in [5.41, 5.74) is 0.562. The molecular formula is C16H20ClNO3. The van der Waals surface area contributed by atoms with Crippen molar-refractivity contribution in [2.75, 3.05) is 6.61 Å². The minimum absolute atomic E-state index is 0.0687.